The van der Waals surface area contributed by atoms with Crippen molar-refractivity contribution in [1.29, 1.82) is 0 Å². The highest BCUT2D eigenvalue weighted by Crippen LogP contribution is 2.39. The number of nitrogens with zero attached hydrogens (tertiary/aromatic N) is 1. The smallest absolute Gasteiger partial charge is 0.247 e. The average Bonchev–Trinajstić information content (AvgIpc) is 2.95. The van der Waals surface area contributed by atoms with Crippen LogP contribution in [-0.2, 0) is 24.8 Å². The maximum absolute atomic E-state index is 12.8. The molecule has 0 aromatic carbocycles. The topological polar surface area (TPSA) is 119 Å². The molecule has 1 aliphatic rings. The van der Waals surface area contributed by atoms with Crippen LogP contribution in [-0.4, -0.2) is 54.5 Å². The largest absolute Gasteiger partial charge is 0.385 e. The Bertz CT molecular complexity index is 773. The highest BCUT2D eigenvalue weighted by atomic mass is 32.2. The summed E-state index contributed by atoms with van der Waals surface area (Å²) in [5.41, 5.74) is 0. The van der Waals surface area contributed by atoms with Gasteiger partial charge in [0.2, 0.25) is 20.0 Å². The van der Waals surface area contributed by atoms with E-state index >= 15 is 0 Å². The molecule has 3 N–H and O–H groups in total. The number of unbranched alkanes of at least 4 members (excludes halogenated alkanes) is 1. The molecule has 1 aromatic heterocycles. The van der Waals surface area contributed by atoms with E-state index in [4.69, 9.17) is 9.88 Å². The Morgan fingerprint density at radius 1 is 1.46 bits per heavy atom. The van der Waals surface area contributed by atoms with Crippen LogP contribution in [0.1, 0.15) is 30.7 Å². The third-order valence-electron chi connectivity index (χ3n) is 3.76. The molecule has 2 rings (SSSR count). The van der Waals surface area contributed by atoms with Crippen molar-refractivity contribution in [1.82, 2.24) is 9.62 Å². The second kappa shape index (κ2) is 7.77. The molecule has 0 saturated carbocycles. The maximum Gasteiger partial charge on any atom is 0.247 e. The second-order valence-corrected chi connectivity index (χ2v) is 10.3. The van der Waals surface area contributed by atoms with Crippen LogP contribution in [0.3, 0.4) is 0 Å². The summed E-state index contributed by atoms with van der Waals surface area (Å²) < 4.78 is 55.0. The minimum absolute atomic E-state index is 0.0421. The number of fused-ring (bicyclic) bond motifs is 1. The van der Waals surface area contributed by atoms with E-state index in [0.29, 0.717) is 31.0 Å². The molecule has 0 aliphatic carbocycles. The molecule has 0 radical (unpaired) electrons. The van der Waals surface area contributed by atoms with E-state index in [1.54, 1.807) is 7.11 Å². The molecule has 11 heteroatoms. The van der Waals surface area contributed by atoms with Crippen molar-refractivity contribution in [2.45, 2.75) is 34.9 Å². The fourth-order valence-corrected chi connectivity index (χ4v) is 6.74. The van der Waals surface area contributed by atoms with Gasteiger partial charge in [-0.15, -0.1) is 11.3 Å². The van der Waals surface area contributed by atoms with Gasteiger partial charge in [0.15, 0.2) is 0 Å². The predicted molar refractivity (Wildman–Crippen MR) is 92.0 cm³/mol. The fraction of sp³-hybridized carbons (Fsp3) is 0.692. The first-order valence-corrected chi connectivity index (χ1v) is 11.4. The van der Waals surface area contributed by atoms with Gasteiger partial charge in [-0.2, -0.15) is 4.31 Å². The molecule has 24 heavy (non-hydrogen) atoms. The van der Waals surface area contributed by atoms with Crippen molar-refractivity contribution < 1.29 is 21.6 Å². The highest BCUT2D eigenvalue weighted by molar-refractivity contribution is 7.92. The van der Waals surface area contributed by atoms with Crippen LogP contribution in [0.15, 0.2) is 15.2 Å². The van der Waals surface area contributed by atoms with Crippen molar-refractivity contribution in [3.8, 4) is 0 Å². The summed E-state index contributed by atoms with van der Waals surface area (Å²) in [4.78, 5) is 0.550. The van der Waals surface area contributed by atoms with Gasteiger partial charge in [0.1, 0.15) is 4.21 Å². The zero-order chi connectivity index (χ0) is 18.0. The van der Waals surface area contributed by atoms with Gasteiger partial charge < -0.3 is 10.1 Å². The summed E-state index contributed by atoms with van der Waals surface area (Å²) in [6.07, 6.45) is 1.43. The molecule has 0 unspecified atom stereocenters. The normalized spacial score (nSPS) is 20.9. The lowest BCUT2D eigenvalue weighted by atomic mass is 10.2. The molecular formula is C13H23N3O5S3. The number of nitrogens with one attached hydrogen (secondary N) is 1. The Morgan fingerprint density at radius 2 is 2.17 bits per heavy atom. The summed E-state index contributed by atoms with van der Waals surface area (Å²) in [5.74, 6) is 0. The average molecular weight is 398 g/mol. The van der Waals surface area contributed by atoms with Crippen molar-refractivity contribution in [3.05, 3.63) is 10.9 Å². The molecule has 138 valence electrons. The standard InChI is InChI=1S/C13H23N3O5S3/c1-3-15-10-9-16(6-4-5-7-21-2)24(19,20)11-8-12(22-13(10)11)23(14,17)18/h8,10,15H,3-7,9H2,1-2H3,(H2,14,17,18)/t10-/m1/s1. The van der Waals surface area contributed by atoms with E-state index in [9.17, 15) is 16.8 Å². The first kappa shape index (κ1) is 19.8. The van der Waals surface area contributed by atoms with E-state index in [2.05, 4.69) is 5.32 Å². The third kappa shape index (κ3) is 4.15. The van der Waals surface area contributed by atoms with Crippen molar-refractivity contribution in [2.24, 2.45) is 5.14 Å². The molecule has 0 amide bonds. The molecule has 0 fully saturated rings. The lowest BCUT2D eigenvalue weighted by Gasteiger charge is -2.32. The van der Waals surface area contributed by atoms with Gasteiger partial charge in [-0.25, -0.2) is 22.0 Å². The lowest BCUT2D eigenvalue weighted by Crippen LogP contribution is -2.43. The van der Waals surface area contributed by atoms with E-state index in [0.717, 1.165) is 17.8 Å². The van der Waals surface area contributed by atoms with Gasteiger partial charge in [0.05, 0.1) is 10.9 Å². The van der Waals surface area contributed by atoms with Crippen LogP contribution in [0.5, 0.6) is 0 Å². The number of ether oxygens (including phenoxy) is 1. The van der Waals surface area contributed by atoms with Crippen LogP contribution in [0.4, 0.5) is 0 Å². The Kier molecular flexibility index (Phi) is 6.40. The Balaban J connectivity index is 2.36. The molecule has 0 bridgehead atoms. The number of sulfonamides is 2. The number of thiophene rings is 1. The van der Waals surface area contributed by atoms with Crippen LogP contribution < -0.4 is 10.5 Å². The molecule has 2 heterocycles. The van der Waals surface area contributed by atoms with Gasteiger partial charge in [0, 0.05) is 31.7 Å². The van der Waals surface area contributed by atoms with Crippen LogP contribution in [0.25, 0.3) is 0 Å². The van der Waals surface area contributed by atoms with Crippen molar-refractivity contribution in [2.75, 3.05) is 33.4 Å². The number of hydrogen-bond donors (Lipinski definition) is 2. The van der Waals surface area contributed by atoms with E-state index in [-0.39, 0.29) is 21.7 Å². The maximum atomic E-state index is 12.8. The summed E-state index contributed by atoms with van der Waals surface area (Å²) in [6, 6.07) is 0.938. The van der Waals surface area contributed by atoms with Gasteiger partial charge in [-0.3, -0.25) is 0 Å². The van der Waals surface area contributed by atoms with Crippen molar-refractivity contribution in [3.63, 3.8) is 0 Å². The second-order valence-electron chi connectivity index (χ2n) is 5.51. The molecule has 1 atom stereocenters. The molecule has 0 saturated heterocycles. The molecule has 1 aliphatic heterocycles. The first-order chi connectivity index (χ1) is 11.2. The summed E-state index contributed by atoms with van der Waals surface area (Å²) in [5, 5.41) is 8.38. The van der Waals surface area contributed by atoms with E-state index in [1.807, 2.05) is 6.92 Å². The SMILES string of the molecule is CCN[C@@H]1CN(CCCCOC)S(=O)(=O)c2cc(S(N)(=O)=O)sc21. The quantitative estimate of drug-likeness (QED) is 0.616. The van der Waals surface area contributed by atoms with Gasteiger partial charge in [-0.1, -0.05) is 6.92 Å². The highest BCUT2D eigenvalue weighted by Gasteiger charge is 2.39. The van der Waals surface area contributed by atoms with E-state index in [1.165, 1.54) is 10.4 Å². The number of likely N-dealkylation sites (N-methyl/N-ethyl adjacent to an activating group) is 1. The minimum atomic E-state index is -3.94. The molecule has 1 aromatic rings. The number of primary sulfonamides is 1. The monoisotopic (exact) mass is 397 g/mol. The van der Waals surface area contributed by atoms with Gasteiger partial charge in [-0.05, 0) is 25.5 Å². The molecular weight excluding hydrogens is 374 g/mol. The van der Waals surface area contributed by atoms with Gasteiger partial charge in [0.25, 0.3) is 0 Å². The molecule has 0 spiro atoms. The summed E-state index contributed by atoms with van der Waals surface area (Å²) >= 11 is 0.925. The predicted octanol–water partition coefficient (Wildman–Crippen LogP) is 0.477. The zero-order valence-corrected chi connectivity index (χ0v) is 16.1. The van der Waals surface area contributed by atoms with E-state index < -0.39 is 20.0 Å². The Morgan fingerprint density at radius 3 is 2.75 bits per heavy atom. The Labute approximate surface area is 147 Å². The minimum Gasteiger partial charge on any atom is -0.385 e. The van der Waals surface area contributed by atoms with Crippen LogP contribution in [0.2, 0.25) is 0 Å². The Hall–Kier alpha value is -0.560. The van der Waals surface area contributed by atoms with Crippen LogP contribution in [0, 0.1) is 0 Å². The van der Waals surface area contributed by atoms with Crippen LogP contribution >= 0.6 is 11.3 Å². The van der Waals surface area contributed by atoms with Crippen molar-refractivity contribution >= 4 is 31.4 Å². The third-order valence-corrected chi connectivity index (χ3v) is 8.46. The number of methoxy groups -OCH3 is 1. The summed E-state index contributed by atoms with van der Waals surface area (Å²) in [6.45, 7) is 3.78. The number of nitrogens with two attached hydrogens (primary N) is 1. The van der Waals surface area contributed by atoms with Gasteiger partial charge >= 0.3 is 0 Å². The number of hydrogen-bond acceptors (Lipinski definition) is 7. The molecule has 8 nitrogen and oxygen atoms in total. The lowest BCUT2D eigenvalue weighted by molar-refractivity contribution is 0.189. The number of rotatable bonds is 8. The zero-order valence-electron chi connectivity index (χ0n) is 13.7. The fourth-order valence-electron chi connectivity index (χ4n) is 2.62. The first-order valence-electron chi connectivity index (χ1n) is 7.60. The summed E-state index contributed by atoms with van der Waals surface area (Å²) in [7, 11) is -6.05.